The van der Waals surface area contributed by atoms with Gasteiger partial charge in [-0.15, -0.1) is 0 Å². The average Bonchev–Trinajstić information content (AvgIpc) is 2.67. The second kappa shape index (κ2) is 7.02. The number of amides is 1. The SMILES string of the molecule is O=C(NCc1cccc(Cl)c1)c1ccc2nc3ccc(Cl)cc3c(=O)n2c1. The Morgan fingerprint density at radius 3 is 2.67 bits per heavy atom. The summed E-state index contributed by atoms with van der Waals surface area (Å²) < 4.78 is 1.35. The highest BCUT2D eigenvalue weighted by Gasteiger charge is 2.10. The van der Waals surface area contributed by atoms with Gasteiger partial charge in [-0.25, -0.2) is 4.98 Å². The molecule has 0 radical (unpaired) electrons. The molecule has 27 heavy (non-hydrogen) atoms. The van der Waals surface area contributed by atoms with E-state index in [1.807, 2.05) is 12.1 Å². The molecular formula is C20H13Cl2N3O2. The van der Waals surface area contributed by atoms with Crippen LogP contribution in [0.15, 0.2) is 65.6 Å². The highest BCUT2D eigenvalue weighted by Crippen LogP contribution is 2.16. The number of fused-ring (bicyclic) bond motifs is 2. The van der Waals surface area contributed by atoms with Crippen LogP contribution in [-0.2, 0) is 6.54 Å². The molecule has 0 aliphatic heterocycles. The average molecular weight is 398 g/mol. The van der Waals surface area contributed by atoms with Gasteiger partial charge in [0.1, 0.15) is 5.65 Å². The van der Waals surface area contributed by atoms with Gasteiger partial charge in [-0.3, -0.25) is 14.0 Å². The third-order valence-electron chi connectivity index (χ3n) is 4.17. The molecule has 0 spiro atoms. The summed E-state index contributed by atoms with van der Waals surface area (Å²) in [6.45, 7) is 0.331. The van der Waals surface area contributed by atoms with E-state index in [2.05, 4.69) is 10.3 Å². The Morgan fingerprint density at radius 2 is 1.85 bits per heavy atom. The van der Waals surface area contributed by atoms with Crippen molar-refractivity contribution in [1.29, 1.82) is 0 Å². The Kier molecular flexibility index (Phi) is 4.56. The lowest BCUT2D eigenvalue weighted by atomic mass is 10.2. The van der Waals surface area contributed by atoms with E-state index in [9.17, 15) is 9.59 Å². The van der Waals surface area contributed by atoms with Crippen LogP contribution in [-0.4, -0.2) is 15.3 Å². The van der Waals surface area contributed by atoms with Gasteiger partial charge in [0.25, 0.3) is 11.5 Å². The molecule has 4 rings (SSSR count). The highest BCUT2D eigenvalue weighted by molar-refractivity contribution is 6.31. The fourth-order valence-corrected chi connectivity index (χ4v) is 3.23. The zero-order valence-corrected chi connectivity index (χ0v) is 15.5. The molecule has 0 unspecified atom stereocenters. The monoisotopic (exact) mass is 397 g/mol. The number of hydrogen-bond acceptors (Lipinski definition) is 3. The van der Waals surface area contributed by atoms with E-state index in [1.54, 1.807) is 42.5 Å². The minimum Gasteiger partial charge on any atom is -0.348 e. The van der Waals surface area contributed by atoms with E-state index < -0.39 is 0 Å². The predicted octanol–water partition coefficient (Wildman–Crippen LogP) is 4.08. The van der Waals surface area contributed by atoms with E-state index in [1.165, 1.54) is 10.6 Å². The summed E-state index contributed by atoms with van der Waals surface area (Å²) in [5, 5.41) is 4.28. The van der Waals surface area contributed by atoms with Crippen LogP contribution in [0.2, 0.25) is 10.0 Å². The number of rotatable bonds is 3. The van der Waals surface area contributed by atoms with Crippen LogP contribution in [0.25, 0.3) is 16.6 Å². The minimum atomic E-state index is -0.296. The van der Waals surface area contributed by atoms with Crippen LogP contribution in [0.1, 0.15) is 15.9 Å². The van der Waals surface area contributed by atoms with E-state index in [0.29, 0.717) is 38.7 Å². The molecule has 0 saturated carbocycles. The number of pyridine rings is 1. The Labute approximate surface area is 164 Å². The van der Waals surface area contributed by atoms with Gasteiger partial charge in [-0.05, 0) is 48.0 Å². The van der Waals surface area contributed by atoms with E-state index in [-0.39, 0.29) is 11.5 Å². The summed E-state index contributed by atoms with van der Waals surface area (Å²) in [4.78, 5) is 29.7. The van der Waals surface area contributed by atoms with Crippen molar-refractivity contribution in [1.82, 2.24) is 14.7 Å². The van der Waals surface area contributed by atoms with Gasteiger partial charge >= 0.3 is 0 Å². The number of carbonyl (C=O) groups is 1. The van der Waals surface area contributed by atoms with E-state index in [4.69, 9.17) is 23.2 Å². The molecular weight excluding hydrogens is 385 g/mol. The summed E-state index contributed by atoms with van der Waals surface area (Å²) in [7, 11) is 0. The van der Waals surface area contributed by atoms with Crippen molar-refractivity contribution in [2.45, 2.75) is 6.54 Å². The lowest BCUT2D eigenvalue weighted by molar-refractivity contribution is 0.0950. The van der Waals surface area contributed by atoms with Crippen molar-refractivity contribution in [2.24, 2.45) is 0 Å². The normalized spacial score (nSPS) is 11.0. The first-order valence-corrected chi connectivity index (χ1v) is 8.91. The summed E-state index contributed by atoms with van der Waals surface area (Å²) in [5.41, 5.74) is 1.98. The summed E-state index contributed by atoms with van der Waals surface area (Å²) in [5.74, 6) is -0.296. The van der Waals surface area contributed by atoms with Crippen LogP contribution in [0.3, 0.4) is 0 Å². The standard InChI is InChI=1S/C20H13Cl2N3O2/c21-14-3-1-2-12(8-14)10-23-19(26)13-4-7-18-24-17-6-5-15(22)9-16(17)20(27)25(18)11-13/h1-9,11H,10H2,(H,23,26). The number of nitrogens with one attached hydrogen (secondary N) is 1. The largest absolute Gasteiger partial charge is 0.348 e. The van der Waals surface area contributed by atoms with Crippen LogP contribution in [0, 0.1) is 0 Å². The third-order valence-corrected chi connectivity index (χ3v) is 4.64. The molecule has 0 bridgehead atoms. The zero-order valence-electron chi connectivity index (χ0n) is 13.9. The molecule has 0 aliphatic carbocycles. The molecule has 2 heterocycles. The number of halogens is 2. The molecule has 0 saturated heterocycles. The van der Waals surface area contributed by atoms with Gasteiger partial charge in [-0.2, -0.15) is 0 Å². The first kappa shape index (κ1) is 17.5. The Hall–Kier alpha value is -2.89. The number of hydrogen-bond donors (Lipinski definition) is 1. The molecule has 5 nitrogen and oxygen atoms in total. The third kappa shape index (κ3) is 3.52. The molecule has 0 atom stereocenters. The van der Waals surface area contributed by atoms with E-state index >= 15 is 0 Å². The second-order valence-corrected chi connectivity index (χ2v) is 6.91. The summed E-state index contributed by atoms with van der Waals surface area (Å²) >= 11 is 11.9. The van der Waals surface area contributed by atoms with Crippen LogP contribution in [0.5, 0.6) is 0 Å². The number of benzene rings is 2. The highest BCUT2D eigenvalue weighted by atomic mass is 35.5. The van der Waals surface area contributed by atoms with Gasteiger partial charge in [0, 0.05) is 22.8 Å². The fourth-order valence-electron chi connectivity index (χ4n) is 2.84. The number of nitrogens with zero attached hydrogens (tertiary/aromatic N) is 2. The summed E-state index contributed by atoms with van der Waals surface area (Å²) in [6.07, 6.45) is 1.48. The van der Waals surface area contributed by atoms with Crippen LogP contribution >= 0.6 is 23.2 Å². The number of aromatic nitrogens is 2. The fraction of sp³-hybridized carbons (Fsp3) is 0.0500. The van der Waals surface area contributed by atoms with Crippen molar-refractivity contribution in [3.63, 3.8) is 0 Å². The Morgan fingerprint density at radius 1 is 1.04 bits per heavy atom. The molecule has 2 aromatic heterocycles. The quantitative estimate of drug-likeness (QED) is 0.529. The number of carbonyl (C=O) groups excluding carboxylic acids is 1. The lowest BCUT2D eigenvalue weighted by Gasteiger charge is -2.08. The van der Waals surface area contributed by atoms with Crippen molar-refractivity contribution in [2.75, 3.05) is 0 Å². The van der Waals surface area contributed by atoms with Crippen molar-refractivity contribution in [3.8, 4) is 0 Å². The van der Waals surface area contributed by atoms with Gasteiger partial charge in [0.2, 0.25) is 0 Å². The maximum Gasteiger partial charge on any atom is 0.265 e. The predicted molar refractivity (Wildman–Crippen MR) is 107 cm³/mol. The van der Waals surface area contributed by atoms with Gasteiger partial charge in [0.15, 0.2) is 0 Å². The smallest absolute Gasteiger partial charge is 0.265 e. The molecule has 134 valence electrons. The topological polar surface area (TPSA) is 63.5 Å². The first-order chi connectivity index (χ1) is 13.0. The maximum atomic E-state index is 12.7. The minimum absolute atomic E-state index is 0.276. The molecule has 0 aliphatic rings. The van der Waals surface area contributed by atoms with Crippen LogP contribution < -0.4 is 10.9 Å². The zero-order chi connectivity index (χ0) is 19.0. The molecule has 7 heteroatoms. The Bertz CT molecular complexity index is 1250. The maximum absolute atomic E-state index is 12.7. The molecule has 1 amide bonds. The Balaban J connectivity index is 1.68. The van der Waals surface area contributed by atoms with Gasteiger partial charge in [-0.1, -0.05) is 35.3 Å². The van der Waals surface area contributed by atoms with Crippen molar-refractivity contribution in [3.05, 3.63) is 92.3 Å². The molecule has 2 aromatic carbocycles. The molecule has 0 fully saturated rings. The molecule has 4 aromatic rings. The lowest BCUT2D eigenvalue weighted by Crippen LogP contribution is -2.24. The molecule has 1 N–H and O–H groups in total. The van der Waals surface area contributed by atoms with Crippen LogP contribution in [0.4, 0.5) is 0 Å². The summed E-state index contributed by atoms with van der Waals surface area (Å²) in [6, 6.07) is 15.5. The van der Waals surface area contributed by atoms with Gasteiger partial charge < -0.3 is 5.32 Å². The van der Waals surface area contributed by atoms with Crippen molar-refractivity contribution < 1.29 is 4.79 Å². The second-order valence-electron chi connectivity index (χ2n) is 6.04. The van der Waals surface area contributed by atoms with E-state index in [0.717, 1.165) is 5.56 Å². The van der Waals surface area contributed by atoms with Crippen molar-refractivity contribution >= 4 is 45.7 Å². The first-order valence-electron chi connectivity index (χ1n) is 8.15. The van der Waals surface area contributed by atoms with Gasteiger partial charge in [0.05, 0.1) is 16.5 Å².